The molecule has 1 aliphatic rings. The van der Waals surface area contributed by atoms with Crippen molar-refractivity contribution in [2.24, 2.45) is 5.92 Å². The van der Waals surface area contributed by atoms with Crippen LogP contribution in [0.4, 0.5) is 0 Å². The second-order valence-corrected chi connectivity index (χ2v) is 6.03. The second-order valence-electron chi connectivity index (χ2n) is 6.03. The highest BCUT2D eigenvalue weighted by atomic mass is 16.4. The van der Waals surface area contributed by atoms with Gasteiger partial charge in [0.05, 0.1) is 0 Å². The molecule has 0 aromatic carbocycles. The minimum atomic E-state index is -1.27. The number of hydrogen-bond donors (Lipinski definition) is 3. The van der Waals surface area contributed by atoms with Crippen LogP contribution < -0.4 is 16.6 Å². The summed E-state index contributed by atoms with van der Waals surface area (Å²) in [6, 6.07) is 1.13. The topological polar surface area (TPSA) is 121 Å². The number of aliphatic carboxylic acids is 1. The Bertz CT molecular complexity index is 698. The van der Waals surface area contributed by atoms with Gasteiger partial charge in [0.15, 0.2) is 0 Å². The molecular weight excluding hydrogens is 302 g/mol. The highest BCUT2D eigenvalue weighted by molar-refractivity contribution is 5.87. The smallest absolute Gasteiger partial charge is 0.329 e. The number of aromatic nitrogens is 2. The molecule has 1 aliphatic carbocycles. The van der Waals surface area contributed by atoms with E-state index in [0.29, 0.717) is 18.8 Å². The maximum atomic E-state index is 12.2. The van der Waals surface area contributed by atoms with Crippen LogP contribution in [0.2, 0.25) is 0 Å². The predicted octanol–water partition coefficient (Wildman–Crippen LogP) is 0.0764. The van der Waals surface area contributed by atoms with E-state index in [1.807, 2.05) is 4.98 Å². The van der Waals surface area contributed by atoms with Gasteiger partial charge < -0.3 is 10.4 Å². The van der Waals surface area contributed by atoms with Crippen molar-refractivity contribution in [3.05, 3.63) is 33.1 Å². The molecule has 1 heterocycles. The Morgan fingerprint density at radius 1 is 1.39 bits per heavy atom. The molecule has 0 bridgehead atoms. The molecule has 23 heavy (non-hydrogen) atoms. The molecule has 1 fully saturated rings. The fourth-order valence-corrected chi connectivity index (χ4v) is 3.00. The first-order chi connectivity index (χ1) is 10.9. The van der Waals surface area contributed by atoms with Crippen molar-refractivity contribution in [3.63, 3.8) is 0 Å². The van der Waals surface area contributed by atoms with E-state index in [-0.39, 0.29) is 6.54 Å². The first-order valence-corrected chi connectivity index (χ1v) is 7.70. The molecule has 1 aromatic rings. The minimum Gasteiger partial charge on any atom is -0.480 e. The van der Waals surface area contributed by atoms with Crippen LogP contribution in [0.15, 0.2) is 21.9 Å². The Labute approximate surface area is 132 Å². The van der Waals surface area contributed by atoms with Crippen LogP contribution >= 0.6 is 0 Å². The fourth-order valence-electron chi connectivity index (χ4n) is 3.00. The highest BCUT2D eigenvalue weighted by Crippen LogP contribution is 2.34. The van der Waals surface area contributed by atoms with Crippen LogP contribution in [0.3, 0.4) is 0 Å². The van der Waals surface area contributed by atoms with Gasteiger partial charge in [0, 0.05) is 12.3 Å². The number of carbonyl (C=O) groups excluding carboxylic acids is 1. The number of carboxylic acid groups (broad SMARTS) is 1. The van der Waals surface area contributed by atoms with Crippen molar-refractivity contribution in [2.75, 3.05) is 0 Å². The van der Waals surface area contributed by atoms with Crippen LogP contribution in [0.25, 0.3) is 0 Å². The second kappa shape index (κ2) is 6.80. The SMILES string of the molecule is CCC1CCC(NC(=O)Cn2ccc(=O)[nH]c2=O)(C(=O)O)CC1. The monoisotopic (exact) mass is 323 g/mol. The largest absolute Gasteiger partial charge is 0.480 e. The zero-order valence-electron chi connectivity index (χ0n) is 13.0. The van der Waals surface area contributed by atoms with Crippen molar-refractivity contribution in [1.29, 1.82) is 0 Å². The molecule has 0 radical (unpaired) electrons. The van der Waals surface area contributed by atoms with Crippen molar-refractivity contribution in [2.45, 2.75) is 51.1 Å². The number of aromatic amines is 1. The number of rotatable bonds is 5. The normalized spacial score (nSPS) is 24.1. The average molecular weight is 323 g/mol. The van der Waals surface area contributed by atoms with E-state index in [0.717, 1.165) is 29.9 Å². The van der Waals surface area contributed by atoms with Gasteiger partial charge >= 0.3 is 11.7 Å². The Kier molecular flexibility index (Phi) is 5.02. The number of nitrogens with zero attached hydrogens (tertiary/aromatic N) is 1. The summed E-state index contributed by atoms with van der Waals surface area (Å²) in [5, 5.41) is 12.1. The zero-order chi connectivity index (χ0) is 17.0. The molecular formula is C15H21N3O5. The zero-order valence-corrected chi connectivity index (χ0v) is 13.0. The van der Waals surface area contributed by atoms with Crippen molar-refractivity contribution in [3.8, 4) is 0 Å². The van der Waals surface area contributed by atoms with Gasteiger partial charge in [-0.3, -0.25) is 19.1 Å². The Morgan fingerprint density at radius 3 is 2.57 bits per heavy atom. The van der Waals surface area contributed by atoms with E-state index in [4.69, 9.17) is 0 Å². The third kappa shape index (κ3) is 3.88. The molecule has 3 N–H and O–H groups in total. The Hall–Kier alpha value is -2.38. The van der Waals surface area contributed by atoms with Gasteiger partial charge in [0.1, 0.15) is 12.1 Å². The van der Waals surface area contributed by atoms with E-state index in [9.17, 15) is 24.3 Å². The summed E-state index contributed by atoms with van der Waals surface area (Å²) in [7, 11) is 0. The van der Waals surface area contributed by atoms with Gasteiger partial charge in [0.25, 0.3) is 5.56 Å². The van der Waals surface area contributed by atoms with Crippen LogP contribution in [-0.2, 0) is 16.1 Å². The number of carbonyl (C=O) groups is 2. The van der Waals surface area contributed by atoms with Crippen molar-refractivity contribution >= 4 is 11.9 Å². The van der Waals surface area contributed by atoms with Gasteiger partial charge in [-0.05, 0) is 31.6 Å². The Balaban J connectivity index is 2.08. The quantitative estimate of drug-likeness (QED) is 0.708. The lowest BCUT2D eigenvalue weighted by atomic mass is 9.75. The molecule has 8 heteroatoms. The van der Waals surface area contributed by atoms with Gasteiger partial charge in [0.2, 0.25) is 5.91 Å². The summed E-state index contributed by atoms with van der Waals surface area (Å²) in [6.45, 7) is 1.74. The van der Waals surface area contributed by atoms with E-state index < -0.39 is 28.7 Å². The summed E-state index contributed by atoms with van der Waals surface area (Å²) in [5.74, 6) is -1.12. The third-order valence-electron chi connectivity index (χ3n) is 4.53. The molecule has 0 unspecified atom stereocenters. The van der Waals surface area contributed by atoms with Gasteiger partial charge in [-0.2, -0.15) is 0 Å². The van der Waals surface area contributed by atoms with Crippen LogP contribution in [0, 0.1) is 5.92 Å². The number of nitrogens with one attached hydrogen (secondary N) is 2. The molecule has 0 aliphatic heterocycles. The maximum Gasteiger partial charge on any atom is 0.329 e. The maximum absolute atomic E-state index is 12.2. The first-order valence-electron chi connectivity index (χ1n) is 7.70. The lowest BCUT2D eigenvalue weighted by Crippen LogP contribution is -2.57. The molecule has 0 saturated heterocycles. The fraction of sp³-hybridized carbons (Fsp3) is 0.600. The number of carboxylic acids is 1. The molecule has 1 saturated carbocycles. The van der Waals surface area contributed by atoms with E-state index >= 15 is 0 Å². The van der Waals surface area contributed by atoms with Crippen LogP contribution in [0.5, 0.6) is 0 Å². The molecule has 1 amide bonds. The lowest BCUT2D eigenvalue weighted by Gasteiger charge is -2.37. The molecule has 8 nitrogen and oxygen atoms in total. The molecule has 1 aromatic heterocycles. The molecule has 0 spiro atoms. The standard InChI is InChI=1S/C15H21N3O5/c1-2-10-3-6-15(7-4-10,13(21)22)17-12(20)9-18-8-5-11(19)16-14(18)23/h5,8,10H,2-4,6-7,9H2,1H3,(H,17,20)(H,21,22)(H,16,19,23). The first kappa shape index (κ1) is 17.0. The molecule has 0 atom stereocenters. The highest BCUT2D eigenvalue weighted by Gasteiger charge is 2.42. The number of amides is 1. The molecule has 126 valence electrons. The predicted molar refractivity (Wildman–Crippen MR) is 82.1 cm³/mol. The summed E-state index contributed by atoms with van der Waals surface area (Å²) in [6.07, 6.45) is 4.47. The minimum absolute atomic E-state index is 0.331. The van der Waals surface area contributed by atoms with Gasteiger partial charge in [-0.15, -0.1) is 0 Å². The molecule has 2 rings (SSSR count). The number of hydrogen-bond acceptors (Lipinski definition) is 4. The summed E-state index contributed by atoms with van der Waals surface area (Å²) in [4.78, 5) is 48.4. The van der Waals surface area contributed by atoms with E-state index in [1.165, 1.54) is 6.20 Å². The number of H-pyrrole nitrogens is 1. The Morgan fingerprint density at radius 2 is 2.04 bits per heavy atom. The lowest BCUT2D eigenvalue weighted by molar-refractivity contribution is -0.149. The van der Waals surface area contributed by atoms with Gasteiger partial charge in [-0.25, -0.2) is 9.59 Å². The van der Waals surface area contributed by atoms with E-state index in [1.54, 1.807) is 0 Å². The van der Waals surface area contributed by atoms with Crippen LogP contribution in [0.1, 0.15) is 39.0 Å². The van der Waals surface area contributed by atoms with E-state index in [2.05, 4.69) is 12.2 Å². The summed E-state index contributed by atoms with van der Waals surface area (Å²) < 4.78 is 1.03. The van der Waals surface area contributed by atoms with Gasteiger partial charge in [-0.1, -0.05) is 13.3 Å². The average Bonchev–Trinajstić information content (AvgIpc) is 2.50. The summed E-state index contributed by atoms with van der Waals surface area (Å²) >= 11 is 0. The summed E-state index contributed by atoms with van der Waals surface area (Å²) in [5.41, 5.74) is -2.52. The van der Waals surface area contributed by atoms with Crippen molar-refractivity contribution < 1.29 is 14.7 Å². The third-order valence-corrected chi connectivity index (χ3v) is 4.53. The van der Waals surface area contributed by atoms with Crippen LogP contribution in [-0.4, -0.2) is 32.1 Å². The van der Waals surface area contributed by atoms with Crippen molar-refractivity contribution in [1.82, 2.24) is 14.9 Å².